The normalized spacial score (nSPS) is 12.9. The van der Waals surface area contributed by atoms with Gasteiger partial charge in [-0.05, 0) is 12.5 Å². The van der Waals surface area contributed by atoms with E-state index in [4.69, 9.17) is 10.2 Å². The van der Waals surface area contributed by atoms with E-state index in [0.717, 1.165) is 18.6 Å². The minimum absolute atomic E-state index is 0.162. The van der Waals surface area contributed by atoms with Gasteiger partial charge in [-0.3, -0.25) is 0 Å². The second-order valence-corrected chi connectivity index (χ2v) is 4.82. The molecule has 0 amide bonds. The molecule has 0 aliphatic carbocycles. The molecule has 2 N–H and O–H groups in total. The standard InChI is InChI=1S/C15H27NO/c1-3-5-6-7-8-9-10-14(16)13-11-12-17-15(13)4-2/h11-12,14H,3-10,16H2,1-2H3. The molecule has 0 saturated carbocycles. The minimum atomic E-state index is 0.162. The Morgan fingerprint density at radius 2 is 1.82 bits per heavy atom. The van der Waals surface area contributed by atoms with E-state index in [1.807, 2.05) is 6.07 Å². The molecule has 0 bridgehead atoms. The van der Waals surface area contributed by atoms with E-state index in [2.05, 4.69) is 13.8 Å². The molecule has 17 heavy (non-hydrogen) atoms. The summed E-state index contributed by atoms with van der Waals surface area (Å²) in [5.41, 5.74) is 7.41. The van der Waals surface area contributed by atoms with Crippen molar-refractivity contribution in [3.8, 4) is 0 Å². The van der Waals surface area contributed by atoms with Gasteiger partial charge in [-0.15, -0.1) is 0 Å². The van der Waals surface area contributed by atoms with Gasteiger partial charge in [0.05, 0.1) is 6.26 Å². The number of aryl methyl sites for hydroxylation is 1. The highest BCUT2D eigenvalue weighted by atomic mass is 16.3. The van der Waals surface area contributed by atoms with E-state index in [1.54, 1.807) is 6.26 Å². The molecule has 1 aromatic rings. The molecule has 0 aromatic carbocycles. The lowest BCUT2D eigenvalue weighted by Crippen LogP contribution is -2.10. The molecular weight excluding hydrogens is 210 g/mol. The van der Waals surface area contributed by atoms with Crippen molar-refractivity contribution in [2.75, 3.05) is 0 Å². The molecule has 0 radical (unpaired) electrons. The Kier molecular flexibility index (Phi) is 7.02. The van der Waals surface area contributed by atoms with Crippen molar-refractivity contribution in [3.63, 3.8) is 0 Å². The van der Waals surface area contributed by atoms with Crippen molar-refractivity contribution in [3.05, 3.63) is 23.7 Å². The van der Waals surface area contributed by atoms with E-state index >= 15 is 0 Å². The highest BCUT2D eigenvalue weighted by Gasteiger charge is 2.12. The molecule has 0 saturated heterocycles. The molecule has 2 nitrogen and oxygen atoms in total. The van der Waals surface area contributed by atoms with Crippen molar-refractivity contribution in [1.82, 2.24) is 0 Å². The quantitative estimate of drug-likeness (QED) is 0.638. The third kappa shape index (κ3) is 4.95. The molecule has 1 rings (SSSR count). The molecule has 0 aliphatic rings. The first-order chi connectivity index (χ1) is 8.29. The molecule has 2 heteroatoms. The van der Waals surface area contributed by atoms with Crippen LogP contribution in [0, 0.1) is 0 Å². The van der Waals surface area contributed by atoms with Crippen LogP contribution in [-0.2, 0) is 6.42 Å². The number of rotatable bonds is 9. The summed E-state index contributed by atoms with van der Waals surface area (Å²) in [7, 11) is 0. The Labute approximate surface area is 106 Å². The number of furan rings is 1. The first-order valence-corrected chi connectivity index (χ1v) is 7.11. The van der Waals surface area contributed by atoms with Crippen LogP contribution >= 0.6 is 0 Å². The Balaban J connectivity index is 2.19. The average Bonchev–Trinajstić information content (AvgIpc) is 2.81. The number of hydrogen-bond donors (Lipinski definition) is 1. The van der Waals surface area contributed by atoms with Gasteiger partial charge in [0.1, 0.15) is 5.76 Å². The van der Waals surface area contributed by atoms with E-state index < -0.39 is 0 Å². The second-order valence-electron chi connectivity index (χ2n) is 4.82. The Bertz CT molecular complexity index is 293. The number of nitrogens with two attached hydrogens (primary N) is 1. The van der Waals surface area contributed by atoms with Gasteiger partial charge in [0, 0.05) is 18.0 Å². The summed E-state index contributed by atoms with van der Waals surface area (Å²) < 4.78 is 5.41. The van der Waals surface area contributed by atoms with Gasteiger partial charge in [0.2, 0.25) is 0 Å². The van der Waals surface area contributed by atoms with Crippen LogP contribution in [0.1, 0.15) is 76.2 Å². The Morgan fingerprint density at radius 3 is 2.53 bits per heavy atom. The van der Waals surface area contributed by atoms with Gasteiger partial charge in [-0.1, -0.05) is 52.4 Å². The first-order valence-electron chi connectivity index (χ1n) is 7.11. The largest absolute Gasteiger partial charge is 0.469 e. The topological polar surface area (TPSA) is 39.2 Å². The molecule has 0 fully saturated rings. The maximum Gasteiger partial charge on any atom is 0.108 e. The Hall–Kier alpha value is -0.760. The molecule has 0 aliphatic heterocycles. The minimum Gasteiger partial charge on any atom is -0.469 e. The summed E-state index contributed by atoms with van der Waals surface area (Å²) in [6.07, 6.45) is 11.7. The number of hydrogen-bond acceptors (Lipinski definition) is 2. The van der Waals surface area contributed by atoms with Gasteiger partial charge in [0.15, 0.2) is 0 Å². The zero-order valence-electron chi connectivity index (χ0n) is 11.4. The van der Waals surface area contributed by atoms with Crippen molar-refractivity contribution in [2.45, 2.75) is 71.3 Å². The van der Waals surface area contributed by atoms with E-state index in [9.17, 15) is 0 Å². The highest BCUT2D eigenvalue weighted by Crippen LogP contribution is 2.23. The lowest BCUT2D eigenvalue weighted by molar-refractivity contribution is 0.495. The predicted molar refractivity (Wildman–Crippen MR) is 73.0 cm³/mol. The third-order valence-electron chi connectivity index (χ3n) is 3.37. The summed E-state index contributed by atoms with van der Waals surface area (Å²) >= 11 is 0. The van der Waals surface area contributed by atoms with Gasteiger partial charge >= 0.3 is 0 Å². The van der Waals surface area contributed by atoms with Crippen LogP contribution in [-0.4, -0.2) is 0 Å². The van der Waals surface area contributed by atoms with Crippen LogP contribution in [0.3, 0.4) is 0 Å². The van der Waals surface area contributed by atoms with Gasteiger partial charge in [0.25, 0.3) is 0 Å². The molecule has 1 atom stereocenters. The maximum atomic E-state index is 6.20. The molecule has 1 heterocycles. The zero-order chi connectivity index (χ0) is 12.5. The molecule has 1 aromatic heterocycles. The molecule has 0 spiro atoms. The summed E-state index contributed by atoms with van der Waals surface area (Å²) in [5.74, 6) is 1.06. The van der Waals surface area contributed by atoms with Crippen molar-refractivity contribution < 1.29 is 4.42 Å². The highest BCUT2D eigenvalue weighted by molar-refractivity contribution is 5.20. The monoisotopic (exact) mass is 237 g/mol. The fraction of sp³-hybridized carbons (Fsp3) is 0.733. The Morgan fingerprint density at radius 1 is 1.12 bits per heavy atom. The van der Waals surface area contributed by atoms with Gasteiger partial charge < -0.3 is 10.2 Å². The zero-order valence-corrected chi connectivity index (χ0v) is 11.4. The SMILES string of the molecule is CCCCCCCCC(N)c1ccoc1CC. The van der Waals surface area contributed by atoms with E-state index in [0.29, 0.717) is 0 Å². The first kappa shape index (κ1) is 14.3. The van der Waals surface area contributed by atoms with E-state index in [-0.39, 0.29) is 6.04 Å². The number of unbranched alkanes of at least 4 members (excludes halogenated alkanes) is 5. The molecular formula is C15H27NO. The van der Waals surface area contributed by atoms with Crippen molar-refractivity contribution in [1.29, 1.82) is 0 Å². The third-order valence-corrected chi connectivity index (χ3v) is 3.37. The van der Waals surface area contributed by atoms with Crippen molar-refractivity contribution in [2.24, 2.45) is 5.73 Å². The van der Waals surface area contributed by atoms with Crippen LogP contribution in [0.15, 0.2) is 16.7 Å². The summed E-state index contributed by atoms with van der Waals surface area (Å²) in [6.45, 7) is 4.36. The van der Waals surface area contributed by atoms with Crippen LogP contribution in [0.4, 0.5) is 0 Å². The van der Waals surface area contributed by atoms with Gasteiger partial charge in [-0.25, -0.2) is 0 Å². The maximum absolute atomic E-state index is 6.20. The lowest BCUT2D eigenvalue weighted by Gasteiger charge is -2.11. The van der Waals surface area contributed by atoms with Crippen LogP contribution in [0.25, 0.3) is 0 Å². The van der Waals surface area contributed by atoms with Crippen molar-refractivity contribution >= 4 is 0 Å². The van der Waals surface area contributed by atoms with Crippen LogP contribution in [0.2, 0.25) is 0 Å². The lowest BCUT2D eigenvalue weighted by atomic mass is 10.00. The average molecular weight is 237 g/mol. The summed E-state index contributed by atoms with van der Waals surface area (Å²) in [6, 6.07) is 2.19. The van der Waals surface area contributed by atoms with Gasteiger partial charge in [-0.2, -0.15) is 0 Å². The fourth-order valence-corrected chi connectivity index (χ4v) is 2.27. The predicted octanol–water partition coefficient (Wildman–Crippen LogP) is 4.59. The second kappa shape index (κ2) is 8.35. The molecule has 1 unspecified atom stereocenters. The summed E-state index contributed by atoms with van der Waals surface area (Å²) in [5, 5.41) is 0. The smallest absolute Gasteiger partial charge is 0.108 e. The summed E-state index contributed by atoms with van der Waals surface area (Å²) in [4.78, 5) is 0. The van der Waals surface area contributed by atoms with E-state index in [1.165, 1.54) is 44.1 Å². The van der Waals surface area contributed by atoms with Crippen LogP contribution in [0.5, 0.6) is 0 Å². The molecule has 98 valence electrons. The fourth-order valence-electron chi connectivity index (χ4n) is 2.27. The van der Waals surface area contributed by atoms with Crippen LogP contribution < -0.4 is 5.73 Å².